The van der Waals surface area contributed by atoms with E-state index in [0.29, 0.717) is 12.2 Å². The first kappa shape index (κ1) is 18.6. The number of pyridine rings is 1. The lowest BCUT2D eigenvalue weighted by Crippen LogP contribution is -2.38. The van der Waals surface area contributed by atoms with Gasteiger partial charge in [-0.05, 0) is 44.4 Å². The van der Waals surface area contributed by atoms with E-state index < -0.39 is 0 Å². The van der Waals surface area contributed by atoms with Crippen molar-refractivity contribution in [3.63, 3.8) is 0 Å². The highest BCUT2D eigenvalue weighted by atomic mass is 16.2. The van der Waals surface area contributed by atoms with Crippen LogP contribution in [-0.2, 0) is 16.0 Å². The van der Waals surface area contributed by atoms with E-state index in [2.05, 4.69) is 20.5 Å². The molecule has 2 rings (SSSR count). The average molecular weight is 343 g/mol. The summed E-state index contributed by atoms with van der Waals surface area (Å²) in [5.74, 6) is -0.0958. The lowest BCUT2D eigenvalue weighted by molar-refractivity contribution is -0.136. The number of aryl methyl sites for hydroxylation is 3. The number of carbonyl (C=O) groups excluding carboxylic acids is 2. The number of H-pyrrole nitrogens is 1. The number of nitrogens with zero attached hydrogens (tertiary/aromatic N) is 3. The average Bonchev–Trinajstić information content (AvgIpc) is 2.88. The van der Waals surface area contributed by atoms with Crippen molar-refractivity contribution in [2.75, 3.05) is 18.9 Å². The van der Waals surface area contributed by atoms with E-state index in [-0.39, 0.29) is 24.3 Å². The monoisotopic (exact) mass is 343 g/mol. The summed E-state index contributed by atoms with van der Waals surface area (Å²) >= 11 is 0. The molecule has 2 aromatic heterocycles. The van der Waals surface area contributed by atoms with Crippen LogP contribution in [0.15, 0.2) is 18.3 Å². The summed E-state index contributed by atoms with van der Waals surface area (Å²) in [6, 6.07) is 3.61. The zero-order valence-corrected chi connectivity index (χ0v) is 15.4. The van der Waals surface area contributed by atoms with E-state index in [1.54, 1.807) is 19.3 Å². The predicted molar refractivity (Wildman–Crippen MR) is 96.2 cm³/mol. The van der Waals surface area contributed by atoms with Crippen molar-refractivity contribution in [1.82, 2.24) is 20.1 Å². The molecule has 25 heavy (non-hydrogen) atoms. The van der Waals surface area contributed by atoms with Crippen LogP contribution in [0.4, 0.5) is 5.82 Å². The fourth-order valence-corrected chi connectivity index (χ4v) is 2.66. The van der Waals surface area contributed by atoms with Gasteiger partial charge in [-0.2, -0.15) is 5.10 Å². The van der Waals surface area contributed by atoms with Crippen LogP contribution in [0.25, 0.3) is 0 Å². The van der Waals surface area contributed by atoms with Gasteiger partial charge in [-0.15, -0.1) is 0 Å². The maximum absolute atomic E-state index is 12.5. The van der Waals surface area contributed by atoms with E-state index in [9.17, 15) is 9.59 Å². The van der Waals surface area contributed by atoms with Crippen molar-refractivity contribution in [1.29, 1.82) is 0 Å². The van der Waals surface area contributed by atoms with Gasteiger partial charge in [0.2, 0.25) is 11.8 Å². The molecule has 7 nitrogen and oxygen atoms in total. The van der Waals surface area contributed by atoms with Gasteiger partial charge in [0.25, 0.3) is 0 Å². The summed E-state index contributed by atoms with van der Waals surface area (Å²) in [6.45, 7) is 7.64. The SMILES string of the molecule is Cc1ccc(NC(=O)CN(C)C(=O)C(C)Cc2c(C)n[nH]c2C)nc1. The molecule has 0 fully saturated rings. The first-order valence-corrected chi connectivity index (χ1v) is 8.26. The summed E-state index contributed by atoms with van der Waals surface area (Å²) in [6.07, 6.45) is 2.28. The van der Waals surface area contributed by atoms with Gasteiger partial charge in [0.05, 0.1) is 12.2 Å². The van der Waals surface area contributed by atoms with Gasteiger partial charge < -0.3 is 10.2 Å². The molecule has 2 N–H and O–H groups in total. The molecule has 0 aliphatic heterocycles. The number of likely N-dealkylation sites (N-methyl/N-ethyl adjacent to an activating group) is 1. The Kier molecular flexibility index (Phi) is 5.90. The number of nitrogens with one attached hydrogen (secondary N) is 2. The number of amides is 2. The Labute approximate surface area is 147 Å². The predicted octanol–water partition coefficient (Wildman–Crippen LogP) is 2.01. The molecule has 0 saturated heterocycles. The first-order chi connectivity index (χ1) is 11.8. The van der Waals surface area contributed by atoms with E-state index in [1.807, 2.05) is 33.8 Å². The quantitative estimate of drug-likeness (QED) is 0.839. The van der Waals surface area contributed by atoms with Crippen LogP contribution in [0.1, 0.15) is 29.4 Å². The van der Waals surface area contributed by atoms with Crippen LogP contribution in [0.5, 0.6) is 0 Å². The second kappa shape index (κ2) is 7.92. The summed E-state index contributed by atoms with van der Waals surface area (Å²) < 4.78 is 0. The molecule has 2 heterocycles. The number of carbonyl (C=O) groups is 2. The van der Waals surface area contributed by atoms with Gasteiger partial charge in [0, 0.05) is 24.9 Å². The van der Waals surface area contributed by atoms with Crippen molar-refractivity contribution in [2.24, 2.45) is 5.92 Å². The maximum Gasteiger partial charge on any atom is 0.245 e. The molecule has 7 heteroatoms. The van der Waals surface area contributed by atoms with Crippen molar-refractivity contribution in [2.45, 2.75) is 34.1 Å². The standard InChI is InChI=1S/C18H25N5O2/c1-11-6-7-16(19-9-11)20-17(24)10-23(5)18(25)12(2)8-15-13(3)21-22-14(15)4/h6-7,9,12H,8,10H2,1-5H3,(H,21,22)(H,19,20,24). The lowest BCUT2D eigenvalue weighted by atomic mass is 9.98. The third-order valence-electron chi connectivity index (χ3n) is 4.15. The molecule has 0 bridgehead atoms. The van der Waals surface area contributed by atoms with Crippen LogP contribution >= 0.6 is 0 Å². The van der Waals surface area contributed by atoms with Crippen LogP contribution in [0.2, 0.25) is 0 Å². The molecular weight excluding hydrogens is 318 g/mol. The van der Waals surface area contributed by atoms with E-state index in [0.717, 1.165) is 22.5 Å². The minimum absolute atomic E-state index is 0.0118. The molecule has 0 spiro atoms. The number of aromatic amines is 1. The molecule has 2 amide bonds. The third-order valence-corrected chi connectivity index (χ3v) is 4.15. The second-order valence-electron chi connectivity index (χ2n) is 6.48. The maximum atomic E-state index is 12.5. The van der Waals surface area contributed by atoms with Crippen LogP contribution < -0.4 is 5.32 Å². The molecule has 1 unspecified atom stereocenters. The number of hydrogen-bond acceptors (Lipinski definition) is 4. The van der Waals surface area contributed by atoms with Crippen molar-refractivity contribution in [3.05, 3.63) is 40.8 Å². The van der Waals surface area contributed by atoms with Crippen molar-refractivity contribution < 1.29 is 9.59 Å². The lowest BCUT2D eigenvalue weighted by Gasteiger charge is -2.21. The second-order valence-corrected chi connectivity index (χ2v) is 6.48. The van der Waals surface area contributed by atoms with E-state index >= 15 is 0 Å². The van der Waals surface area contributed by atoms with E-state index in [4.69, 9.17) is 0 Å². The number of aromatic nitrogens is 3. The van der Waals surface area contributed by atoms with E-state index in [1.165, 1.54) is 4.90 Å². The zero-order chi connectivity index (χ0) is 18.6. The van der Waals surface area contributed by atoms with Crippen molar-refractivity contribution >= 4 is 17.6 Å². The molecule has 1 atom stereocenters. The summed E-state index contributed by atoms with van der Waals surface area (Å²) in [5, 5.41) is 9.78. The van der Waals surface area contributed by atoms with Gasteiger partial charge in [0.15, 0.2) is 0 Å². The molecule has 0 aliphatic rings. The zero-order valence-electron chi connectivity index (χ0n) is 15.4. The third kappa shape index (κ3) is 4.89. The smallest absolute Gasteiger partial charge is 0.245 e. The Bertz CT molecular complexity index is 732. The van der Waals surface area contributed by atoms with Gasteiger partial charge >= 0.3 is 0 Å². The largest absolute Gasteiger partial charge is 0.336 e. The summed E-state index contributed by atoms with van der Waals surface area (Å²) in [5.41, 5.74) is 3.96. The molecule has 0 aliphatic carbocycles. The Morgan fingerprint density at radius 3 is 2.56 bits per heavy atom. The Balaban J connectivity index is 1.90. The molecular formula is C18H25N5O2. The fraction of sp³-hybridized carbons (Fsp3) is 0.444. The molecule has 2 aromatic rings. The minimum Gasteiger partial charge on any atom is -0.336 e. The Hall–Kier alpha value is -2.70. The summed E-state index contributed by atoms with van der Waals surface area (Å²) in [7, 11) is 1.63. The summed E-state index contributed by atoms with van der Waals surface area (Å²) in [4.78, 5) is 30.2. The molecule has 0 radical (unpaired) electrons. The van der Waals surface area contributed by atoms with Gasteiger partial charge in [0.1, 0.15) is 5.82 Å². The normalized spacial score (nSPS) is 11.9. The molecule has 0 aromatic carbocycles. The molecule has 134 valence electrons. The highest BCUT2D eigenvalue weighted by Crippen LogP contribution is 2.16. The van der Waals surface area contributed by atoms with Gasteiger partial charge in [-0.1, -0.05) is 13.0 Å². The number of hydrogen-bond donors (Lipinski definition) is 2. The number of anilines is 1. The Morgan fingerprint density at radius 2 is 2.00 bits per heavy atom. The molecule has 0 saturated carbocycles. The Morgan fingerprint density at radius 1 is 1.28 bits per heavy atom. The highest BCUT2D eigenvalue weighted by Gasteiger charge is 2.22. The van der Waals surface area contributed by atoms with Gasteiger partial charge in [-0.25, -0.2) is 4.98 Å². The van der Waals surface area contributed by atoms with Crippen molar-refractivity contribution in [3.8, 4) is 0 Å². The highest BCUT2D eigenvalue weighted by molar-refractivity contribution is 5.94. The number of rotatable bonds is 6. The van der Waals surface area contributed by atoms with Crippen LogP contribution in [0.3, 0.4) is 0 Å². The topological polar surface area (TPSA) is 91.0 Å². The minimum atomic E-state index is -0.268. The fourth-order valence-electron chi connectivity index (χ4n) is 2.66. The van der Waals surface area contributed by atoms with Crippen LogP contribution in [0, 0.1) is 26.7 Å². The van der Waals surface area contributed by atoms with Crippen LogP contribution in [-0.4, -0.2) is 45.5 Å². The first-order valence-electron chi connectivity index (χ1n) is 8.26. The van der Waals surface area contributed by atoms with Gasteiger partial charge in [-0.3, -0.25) is 14.7 Å².